The number of carbonyl (C=O) groups is 2. The number of benzene rings is 2. The Morgan fingerprint density at radius 3 is 2.40 bits per heavy atom. The van der Waals surface area contributed by atoms with Crippen molar-refractivity contribution >= 4 is 33.9 Å². The third-order valence-electron chi connectivity index (χ3n) is 2.28. The summed E-state index contributed by atoms with van der Waals surface area (Å²) < 4.78 is 0. The summed E-state index contributed by atoms with van der Waals surface area (Å²) in [4.78, 5) is 22.0. The largest absolute Gasteiger partial charge is 0.298 e. The van der Waals surface area contributed by atoms with Crippen molar-refractivity contribution in [1.82, 2.24) is 0 Å². The van der Waals surface area contributed by atoms with E-state index in [1.165, 1.54) is 0 Å². The van der Waals surface area contributed by atoms with Crippen LogP contribution in [-0.2, 0) is 0 Å². The lowest BCUT2D eigenvalue weighted by atomic mass is 10.0. The van der Waals surface area contributed by atoms with Crippen molar-refractivity contribution in [2.24, 2.45) is 0 Å². The normalized spacial score (nSPS) is 10.2. The fraction of sp³-hybridized carbons (Fsp3) is 0. The summed E-state index contributed by atoms with van der Waals surface area (Å²) >= 11 is 5.46. The molecule has 0 aliphatic carbocycles. The molecule has 0 aromatic heterocycles. The van der Waals surface area contributed by atoms with Gasteiger partial charge in [-0.05, 0) is 23.1 Å². The molecule has 0 aliphatic heterocycles. The highest BCUT2D eigenvalue weighted by Crippen LogP contribution is 2.23. The second kappa shape index (κ2) is 3.83. The zero-order valence-corrected chi connectivity index (χ0v) is 8.49. The zero-order valence-electron chi connectivity index (χ0n) is 7.74. The Balaban J connectivity index is 2.93. The van der Waals surface area contributed by atoms with Crippen LogP contribution in [0.1, 0.15) is 20.7 Å². The molecule has 2 aromatic rings. The van der Waals surface area contributed by atoms with Crippen LogP contribution in [0.5, 0.6) is 0 Å². The smallest absolute Gasteiger partial charge is 0.253 e. The lowest BCUT2D eigenvalue weighted by Crippen LogP contribution is -1.94. The van der Waals surface area contributed by atoms with Crippen molar-refractivity contribution in [3.8, 4) is 0 Å². The molecule has 3 heteroatoms. The molecule has 0 saturated carbocycles. The number of hydrogen-bond donors (Lipinski definition) is 0. The van der Waals surface area contributed by atoms with E-state index in [1.807, 2.05) is 12.1 Å². The van der Waals surface area contributed by atoms with Crippen LogP contribution >= 0.6 is 11.6 Å². The number of halogens is 1. The summed E-state index contributed by atoms with van der Waals surface area (Å²) in [6.45, 7) is 0. The summed E-state index contributed by atoms with van der Waals surface area (Å²) in [6, 6.07) is 10.5. The predicted molar refractivity (Wildman–Crippen MR) is 59.5 cm³/mol. The van der Waals surface area contributed by atoms with E-state index in [4.69, 9.17) is 11.6 Å². The minimum atomic E-state index is -0.546. The number of aldehydes is 1. The van der Waals surface area contributed by atoms with Gasteiger partial charge < -0.3 is 0 Å². The molecular weight excluding hydrogens is 212 g/mol. The van der Waals surface area contributed by atoms with Gasteiger partial charge in [0.15, 0.2) is 6.29 Å². The highest BCUT2D eigenvalue weighted by atomic mass is 35.5. The Bertz CT molecular complexity index is 541. The number of rotatable bonds is 2. The molecule has 0 fully saturated rings. The van der Waals surface area contributed by atoms with Crippen LogP contribution in [0.3, 0.4) is 0 Å². The van der Waals surface area contributed by atoms with Gasteiger partial charge in [-0.2, -0.15) is 0 Å². The van der Waals surface area contributed by atoms with E-state index in [0.717, 1.165) is 11.7 Å². The molecule has 0 spiro atoms. The Hall–Kier alpha value is -1.67. The summed E-state index contributed by atoms with van der Waals surface area (Å²) in [5.74, 6) is 0. The molecule has 0 amide bonds. The van der Waals surface area contributed by atoms with Gasteiger partial charge in [0.05, 0.1) is 0 Å². The lowest BCUT2D eigenvalue weighted by Gasteiger charge is -2.04. The molecule has 74 valence electrons. The molecule has 15 heavy (non-hydrogen) atoms. The van der Waals surface area contributed by atoms with Crippen molar-refractivity contribution in [3.63, 3.8) is 0 Å². The van der Waals surface area contributed by atoms with Crippen LogP contribution in [0.25, 0.3) is 10.8 Å². The SMILES string of the molecule is O=Cc1cccc2cccc(C(=O)Cl)c12. The lowest BCUT2D eigenvalue weighted by molar-refractivity contribution is 0.108. The fourth-order valence-electron chi connectivity index (χ4n) is 1.63. The Morgan fingerprint density at radius 2 is 1.80 bits per heavy atom. The highest BCUT2D eigenvalue weighted by Gasteiger charge is 2.09. The molecule has 0 heterocycles. The van der Waals surface area contributed by atoms with Crippen molar-refractivity contribution in [1.29, 1.82) is 0 Å². The molecule has 0 saturated heterocycles. The van der Waals surface area contributed by atoms with E-state index in [0.29, 0.717) is 16.5 Å². The Labute approximate surface area is 91.5 Å². The van der Waals surface area contributed by atoms with Gasteiger partial charge in [0.2, 0.25) is 0 Å². The summed E-state index contributed by atoms with van der Waals surface area (Å²) in [5, 5.41) is 0.913. The molecule has 0 atom stereocenters. The van der Waals surface area contributed by atoms with Crippen LogP contribution in [0.4, 0.5) is 0 Å². The standard InChI is InChI=1S/C12H7ClO2/c13-12(15)10-6-2-4-8-3-1-5-9(7-14)11(8)10/h1-7H. The maximum absolute atomic E-state index is 11.2. The van der Waals surface area contributed by atoms with Crippen LogP contribution in [0.15, 0.2) is 36.4 Å². The zero-order chi connectivity index (χ0) is 10.8. The van der Waals surface area contributed by atoms with E-state index in [9.17, 15) is 9.59 Å². The molecule has 0 aliphatic rings. The van der Waals surface area contributed by atoms with E-state index in [-0.39, 0.29) is 0 Å². The quantitative estimate of drug-likeness (QED) is 0.574. The second-order valence-electron chi connectivity index (χ2n) is 3.14. The van der Waals surface area contributed by atoms with E-state index in [2.05, 4.69) is 0 Å². The maximum atomic E-state index is 11.2. The van der Waals surface area contributed by atoms with E-state index < -0.39 is 5.24 Å². The number of carbonyl (C=O) groups excluding carboxylic acids is 2. The highest BCUT2D eigenvalue weighted by molar-refractivity contribution is 6.68. The Morgan fingerprint density at radius 1 is 1.13 bits per heavy atom. The third kappa shape index (κ3) is 1.64. The minimum absolute atomic E-state index is 0.372. The molecular formula is C12H7ClO2. The first-order chi connectivity index (χ1) is 7.24. The van der Waals surface area contributed by atoms with Gasteiger partial charge in [-0.25, -0.2) is 0 Å². The van der Waals surface area contributed by atoms with E-state index in [1.54, 1.807) is 24.3 Å². The maximum Gasteiger partial charge on any atom is 0.253 e. The van der Waals surface area contributed by atoms with Gasteiger partial charge in [0, 0.05) is 16.5 Å². The van der Waals surface area contributed by atoms with Crippen molar-refractivity contribution in [2.45, 2.75) is 0 Å². The average Bonchev–Trinajstić information content (AvgIpc) is 2.27. The van der Waals surface area contributed by atoms with Gasteiger partial charge in [-0.15, -0.1) is 0 Å². The molecule has 0 N–H and O–H groups in total. The fourth-order valence-corrected chi connectivity index (χ4v) is 1.79. The molecule has 0 unspecified atom stereocenters. The van der Waals surface area contributed by atoms with Crippen LogP contribution in [0, 0.1) is 0 Å². The van der Waals surface area contributed by atoms with Gasteiger partial charge in [-0.3, -0.25) is 9.59 Å². The second-order valence-corrected chi connectivity index (χ2v) is 3.49. The van der Waals surface area contributed by atoms with Gasteiger partial charge >= 0.3 is 0 Å². The molecule has 2 rings (SSSR count). The number of hydrogen-bond acceptors (Lipinski definition) is 2. The van der Waals surface area contributed by atoms with Crippen molar-refractivity contribution < 1.29 is 9.59 Å². The van der Waals surface area contributed by atoms with Crippen LogP contribution in [0.2, 0.25) is 0 Å². The van der Waals surface area contributed by atoms with Crippen molar-refractivity contribution in [2.75, 3.05) is 0 Å². The monoisotopic (exact) mass is 218 g/mol. The first-order valence-corrected chi connectivity index (χ1v) is 4.78. The van der Waals surface area contributed by atoms with Gasteiger partial charge in [0.1, 0.15) is 0 Å². The summed E-state index contributed by atoms with van der Waals surface area (Å²) in [5.41, 5.74) is 0.856. The molecule has 2 aromatic carbocycles. The third-order valence-corrected chi connectivity index (χ3v) is 2.48. The summed E-state index contributed by atoms with van der Waals surface area (Å²) in [6.07, 6.45) is 0.728. The van der Waals surface area contributed by atoms with Crippen molar-refractivity contribution in [3.05, 3.63) is 47.5 Å². The molecule has 0 bridgehead atoms. The van der Waals surface area contributed by atoms with Crippen LogP contribution in [-0.4, -0.2) is 11.5 Å². The minimum Gasteiger partial charge on any atom is -0.298 e. The van der Waals surface area contributed by atoms with Gasteiger partial charge in [0.25, 0.3) is 5.24 Å². The first kappa shape index (κ1) is 9.87. The number of fused-ring (bicyclic) bond motifs is 1. The first-order valence-electron chi connectivity index (χ1n) is 4.41. The molecule has 2 nitrogen and oxygen atoms in total. The van der Waals surface area contributed by atoms with Gasteiger partial charge in [-0.1, -0.05) is 30.3 Å². The molecule has 0 radical (unpaired) electrons. The average molecular weight is 219 g/mol. The Kier molecular flexibility index (Phi) is 2.52. The van der Waals surface area contributed by atoms with Crippen LogP contribution < -0.4 is 0 Å². The van der Waals surface area contributed by atoms with E-state index >= 15 is 0 Å². The topological polar surface area (TPSA) is 34.1 Å². The summed E-state index contributed by atoms with van der Waals surface area (Å²) in [7, 11) is 0. The predicted octanol–water partition coefficient (Wildman–Crippen LogP) is 3.03.